The van der Waals surface area contributed by atoms with Gasteiger partial charge in [0.05, 0.1) is 4.90 Å². The molecular formula is C15H17N3O4S. The molecule has 0 unspecified atom stereocenters. The Morgan fingerprint density at radius 3 is 1.74 bits per heavy atom. The van der Waals surface area contributed by atoms with Crippen LogP contribution in [0.25, 0.3) is 0 Å². The summed E-state index contributed by atoms with van der Waals surface area (Å²) in [5.41, 5.74) is 2.04. The highest BCUT2D eigenvalue weighted by atomic mass is 32.2. The molecular weight excluding hydrogens is 318 g/mol. The Kier molecular flexibility index (Phi) is 4.87. The summed E-state index contributed by atoms with van der Waals surface area (Å²) in [7, 11) is -0.396. The molecule has 0 heterocycles. The topological polar surface area (TPSA) is 98.7 Å². The minimum atomic E-state index is -4.24. The zero-order valence-electron chi connectivity index (χ0n) is 12.6. The third-order valence-electron chi connectivity index (χ3n) is 3.05. The van der Waals surface area contributed by atoms with Crippen LogP contribution in [0.15, 0.2) is 53.4 Å². The Morgan fingerprint density at radius 2 is 1.35 bits per heavy atom. The van der Waals surface area contributed by atoms with E-state index in [0.29, 0.717) is 11.4 Å². The van der Waals surface area contributed by atoms with Gasteiger partial charge in [-0.15, -0.1) is 0 Å². The molecule has 0 bridgehead atoms. The summed E-state index contributed by atoms with van der Waals surface area (Å²) in [6.07, 6.45) is 0. The number of rotatable bonds is 4. The highest BCUT2D eigenvalue weighted by molar-refractivity contribution is 7.85. The van der Waals surface area contributed by atoms with Gasteiger partial charge in [0.2, 0.25) is 0 Å². The van der Waals surface area contributed by atoms with Gasteiger partial charge in [-0.2, -0.15) is 8.42 Å². The van der Waals surface area contributed by atoms with Gasteiger partial charge < -0.3 is 15.5 Å². The maximum absolute atomic E-state index is 11.9. The Balaban J connectivity index is 1.99. The molecule has 0 aliphatic rings. The lowest BCUT2D eigenvalue weighted by atomic mass is 10.2. The molecule has 0 saturated carbocycles. The number of nitrogens with zero attached hydrogens (tertiary/aromatic N) is 1. The second kappa shape index (κ2) is 6.67. The van der Waals surface area contributed by atoms with Gasteiger partial charge >= 0.3 is 6.03 Å². The standard InChI is InChI=1S/C15H17N3O4S/c1-18(2)13-7-3-11(4-8-13)16-15(19)17-12-5-9-14(10-6-12)23(20,21)22/h3-10H,1-2H3,(H2,16,17,19)(H,20,21,22). The number of urea groups is 1. The average molecular weight is 335 g/mol. The van der Waals surface area contributed by atoms with E-state index in [9.17, 15) is 13.2 Å². The van der Waals surface area contributed by atoms with Gasteiger partial charge in [0.15, 0.2) is 0 Å². The number of carbonyl (C=O) groups is 1. The fraction of sp³-hybridized carbons (Fsp3) is 0.133. The first-order valence-electron chi connectivity index (χ1n) is 6.68. The molecule has 2 amide bonds. The number of amides is 2. The lowest BCUT2D eigenvalue weighted by molar-refractivity contribution is 0.262. The SMILES string of the molecule is CN(C)c1ccc(NC(=O)Nc2ccc(S(=O)(=O)O)cc2)cc1. The molecule has 0 aromatic heterocycles. The third kappa shape index (κ3) is 4.70. The Bertz CT molecular complexity index is 784. The first-order chi connectivity index (χ1) is 10.8. The van der Waals surface area contributed by atoms with Crippen molar-refractivity contribution in [1.29, 1.82) is 0 Å². The van der Waals surface area contributed by atoms with Crippen molar-refractivity contribution >= 4 is 33.2 Å². The highest BCUT2D eigenvalue weighted by Crippen LogP contribution is 2.17. The summed E-state index contributed by atoms with van der Waals surface area (Å²) in [6.45, 7) is 0. The van der Waals surface area contributed by atoms with E-state index in [4.69, 9.17) is 4.55 Å². The number of hydrogen-bond acceptors (Lipinski definition) is 4. The van der Waals surface area contributed by atoms with Gasteiger partial charge in [0, 0.05) is 31.2 Å². The molecule has 2 rings (SSSR count). The van der Waals surface area contributed by atoms with Crippen molar-refractivity contribution in [3.05, 3.63) is 48.5 Å². The normalized spacial score (nSPS) is 10.9. The fourth-order valence-electron chi connectivity index (χ4n) is 1.85. The number of anilines is 3. The Labute approximate surface area is 134 Å². The molecule has 0 aliphatic carbocycles. The molecule has 0 fully saturated rings. The molecule has 0 aliphatic heterocycles. The predicted molar refractivity (Wildman–Crippen MR) is 89.7 cm³/mol. The summed E-state index contributed by atoms with van der Waals surface area (Å²) < 4.78 is 30.8. The molecule has 2 aromatic carbocycles. The number of nitrogens with one attached hydrogen (secondary N) is 2. The predicted octanol–water partition coefficient (Wildman–Crippen LogP) is 2.64. The van der Waals surface area contributed by atoms with E-state index in [2.05, 4.69) is 10.6 Å². The molecule has 7 nitrogen and oxygen atoms in total. The van der Waals surface area contributed by atoms with E-state index < -0.39 is 16.1 Å². The van der Waals surface area contributed by atoms with Crippen LogP contribution in [0.4, 0.5) is 21.9 Å². The van der Waals surface area contributed by atoms with Gasteiger partial charge in [-0.25, -0.2) is 4.79 Å². The second-order valence-corrected chi connectivity index (χ2v) is 6.44. The van der Waals surface area contributed by atoms with Gasteiger partial charge in [0.1, 0.15) is 0 Å². The van der Waals surface area contributed by atoms with E-state index in [-0.39, 0.29) is 4.90 Å². The van der Waals surface area contributed by atoms with Crippen molar-refractivity contribution in [2.24, 2.45) is 0 Å². The zero-order chi connectivity index (χ0) is 17.0. The number of carbonyl (C=O) groups excluding carboxylic acids is 1. The largest absolute Gasteiger partial charge is 0.378 e. The van der Waals surface area contributed by atoms with Crippen LogP contribution in [0.1, 0.15) is 0 Å². The van der Waals surface area contributed by atoms with Crippen LogP contribution in [0.2, 0.25) is 0 Å². The van der Waals surface area contributed by atoms with Crippen LogP contribution in [0, 0.1) is 0 Å². The van der Waals surface area contributed by atoms with Gasteiger partial charge in [-0.05, 0) is 48.5 Å². The van der Waals surface area contributed by atoms with Crippen molar-refractivity contribution < 1.29 is 17.8 Å². The lowest BCUT2D eigenvalue weighted by Gasteiger charge is -2.13. The minimum Gasteiger partial charge on any atom is -0.378 e. The van der Waals surface area contributed by atoms with Gasteiger partial charge in [-0.3, -0.25) is 4.55 Å². The van der Waals surface area contributed by atoms with E-state index in [1.54, 1.807) is 12.1 Å². The Morgan fingerprint density at radius 1 is 0.913 bits per heavy atom. The van der Waals surface area contributed by atoms with Crippen LogP contribution < -0.4 is 15.5 Å². The van der Waals surface area contributed by atoms with Crippen molar-refractivity contribution in [3.8, 4) is 0 Å². The number of benzene rings is 2. The fourth-order valence-corrected chi connectivity index (χ4v) is 2.33. The summed E-state index contributed by atoms with van der Waals surface area (Å²) in [6, 6.07) is 12.0. The first kappa shape index (κ1) is 16.8. The maximum Gasteiger partial charge on any atom is 0.323 e. The van der Waals surface area contributed by atoms with E-state index in [1.165, 1.54) is 24.3 Å². The average Bonchev–Trinajstić information content (AvgIpc) is 2.47. The maximum atomic E-state index is 11.9. The van der Waals surface area contributed by atoms with E-state index >= 15 is 0 Å². The second-order valence-electron chi connectivity index (χ2n) is 5.02. The molecule has 8 heteroatoms. The molecule has 0 radical (unpaired) electrons. The minimum absolute atomic E-state index is 0.234. The van der Waals surface area contributed by atoms with Gasteiger partial charge in [-0.1, -0.05) is 0 Å². The van der Waals surface area contributed by atoms with E-state index in [1.807, 2.05) is 31.1 Å². The smallest absolute Gasteiger partial charge is 0.323 e. The number of hydrogen-bond donors (Lipinski definition) is 3. The van der Waals surface area contributed by atoms with Crippen LogP contribution in [-0.4, -0.2) is 33.1 Å². The van der Waals surface area contributed by atoms with Crippen molar-refractivity contribution in [2.45, 2.75) is 4.90 Å². The third-order valence-corrected chi connectivity index (χ3v) is 3.92. The van der Waals surface area contributed by atoms with Crippen LogP contribution >= 0.6 is 0 Å². The summed E-state index contributed by atoms with van der Waals surface area (Å²) in [5, 5.41) is 5.23. The molecule has 23 heavy (non-hydrogen) atoms. The molecule has 3 N–H and O–H groups in total. The van der Waals surface area contributed by atoms with Crippen LogP contribution in [0.3, 0.4) is 0 Å². The summed E-state index contributed by atoms with van der Waals surface area (Å²) in [4.78, 5) is 13.6. The Hall–Kier alpha value is -2.58. The molecule has 2 aromatic rings. The van der Waals surface area contributed by atoms with Crippen molar-refractivity contribution in [1.82, 2.24) is 0 Å². The molecule has 0 atom stereocenters. The van der Waals surface area contributed by atoms with Crippen molar-refractivity contribution in [3.63, 3.8) is 0 Å². The van der Waals surface area contributed by atoms with Crippen LogP contribution in [-0.2, 0) is 10.1 Å². The summed E-state index contributed by atoms with van der Waals surface area (Å²) in [5.74, 6) is 0. The zero-order valence-corrected chi connectivity index (χ0v) is 13.5. The quantitative estimate of drug-likeness (QED) is 0.746. The molecule has 0 spiro atoms. The molecule has 0 saturated heterocycles. The van der Waals surface area contributed by atoms with Crippen molar-refractivity contribution in [2.75, 3.05) is 29.6 Å². The van der Waals surface area contributed by atoms with E-state index in [0.717, 1.165) is 5.69 Å². The monoisotopic (exact) mass is 335 g/mol. The summed E-state index contributed by atoms with van der Waals surface area (Å²) >= 11 is 0. The molecule has 122 valence electrons. The lowest BCUT2D eigenvalue weighted by Crippen LogP contribution is -2.19. The highest BCUT2D eigenvalue weighted by Gasteiger charge is 2.09. The van der Waals surface area contributed by atoms with Crippen LogP contribution in [0.5, 0.6) is 0 Å². The first-order valence-corrected chi connectivity index (χ1v) is 8.12. The van der Waals surface area contributed by atoms with Gasteiger partial charge in [0.25, 0.3) is 10.1 Å².